The summed E-state index contributed by atoms with van der Waals surface area (Å²) < 4.78 is 4.98. The predicted octanol–water partition coefficient (Wildman–Crippen LogP) is -2.22. The lowest BCUT2D eigenvalue weighted by Gasteiger charge is -2.36. The summed E-state index contributed by atoms with van der Waals surface area (Å²) in [5.74, 6) is -0.191. The minimum atomic E-state index is -1.35. The quantitative estimate of drug-likeness (QED) is 0.209. The van der Waals surface area contributed by atoms with Crippen molar-refractivity contribution in [2.45, 2.75) is 6.04 Å². The summed E-state index contributed by atoms with van der Waals surface area (Å²) >= 11 is 0. The Hall–Kier alpha value is -1.50. The highest BCUT2D eigenvalue weighted by molar-refractivity contribution is 5.88. The van der Waals surface area contributed by atoms with E-state index in [4.69, 9.17) is 15.7 Å². The summed E-state index contributed by atoms with van der Waals surface area (Å²) in [5, 5.41) is 21.6. The number of morpholine rings is 1. The lowest BCUT2D eigenvalue weighted by Crippen LogP contribution is -2.58. The van der Waals surface area contributed by atoms with Crippen LogP contribution in [0.4, 0.5) is 4.79 Å². The number of hydrogen-bond acceptors (Lipinski definition) is 5. The molecule has 1 fully saturated rings. The van der Waals surface area contributed by atoms with E-state index in [0.29, 0.717) is 6.61 Å². The number of oxime groups is 1. The van der Waals surface area contributed by atoms with Gasteiger partial charge in [0.2, 0.25) is 0 Å². The molecule has 3 N–H and O–H groups in total. The Bertz CT molecular complexity index is 230. The molecule has 0 radical (unpaired) electrons. The molecule has 74 valence electrons. The molecule has 0 aromatic rings. The average Bonchev–Trinajstić information content (AvgIpc) is 2.16. The molecular formula is C6H10N3O4-. The lowest BCUT2D eigenvalue weighted by molar-refractivity contribution is -0.270. The van der Waals surface area contributed by atoms with Gasteiger partial charge in [0.25, 0.3) is 0 Å². The van der Waals surface area contributed by atoms with E-state index in [-0.39, 0.29) is 19.0 Å². The van der Waals surface area contributed by atoms with Crippen molar-refractivity contribution >= 4 is 11.9 Å². The maximum atomic E-state index is 10.6. The van der Waals surface area contributed by atoms with Gasteiger partial charge in [0.05, 0.1) is 13.2 Å². The SMILES string of the molecule is N/C(=N\O)C1COCCN1C(=O)[O-]. The van der Waals surface area contributed by atoms with E-state index in [1.165, 1.54) is 0 Å². The number of amidine groups is 1. The van der Waals surface area contributed by atoms with E-state index in [2.05, 4.69) is 5.16 Å². The van der Waals surface area contributed by atoms with Gasteiger partial charge < -0.3 is 30.5 Å². The fourth-order valence-electron chi connectivity index (χ4n) is 1.13. The second kappa shape index (κ2) is 3.94. The summed E-state index contributed by atoms with van der Waals surface area (Å²) in [7, 11) is 0. The molecule has 7 nitrogen and oxygen atoms in total. The number of nitrogens with zero attached hydrogens (tertiary/aromatic N) is 2. The first-order valence-corrected chi connectivity index (χ1v) is 3.69. The minimum Gasteiger partial charge on any atom is -0.530 e. The molecule has 0 aromatic heterocycles. The summed E-state index contributed by atoms with van der Waals surface area (Å²) in [4.78, 5) is 11.5. The monoisotopic (exact) mass is 188 g/mol. The van der Waals surface area contributed by atoms with Crippen molar-refractivity contribution in [3.8, 4) is 0 Å². The van der Waals surface area contributed by atoms with Crippen LogP contribution in [-0.2, 0) is 4.74 Å². The van der Waals surface area contributed by atoms with Crippen LogP contribution in [0.25, 0.3) is 0 Å². The molecule has 0 aliphatic carbocycles. The normalized spacial score (nSPS) is 24.5. The van der Waals surface area contributed by atoms with Crippen LogP contribution in [0.1, 0.15) is 0 Å². The number of nitrogens with two attached hydrogens (primary N) is 1. The zero-order chi connectivity index (χ0) is 9.84. The van der Waals surface area contributed by atoms with Crippen molar-refractivity contribution < 1.29 is 19.8 Å². The van der Waals surface area contributed by atoms with Crippen LogP contribution in [0.5, 0.6) is 0 Å². The summed E-state index contributed by atoms with van der Waals surface area (Å²) in [6, 6.07) is -0.747. The van der Waals surface area contributed by atoms with Crippen molar-refractivity contribution in [3.63, 3.8) is 0 Å². The third-order valence-corrected chi connectivity index (χ3v) is 1.82. The molecule has 1 rings (SSSR count). The molecule has 1 atom stereocenters. The zero-order valence-electron chi connectivity index (χ0n) is 6.84. The molecule has 1 aliphatic rings. The fourth-order valence-corrected chi connectivity index (χ4v) is 1.13. The number of carbonyl (C=O) groups excluding carboxylic acids is 1. The first-order chi connectivity index (χ1) is 6.16. The van der Waals surface area contributed by atoms with Gasteiger partial charge in [-0.15, -0.1) is 0 Å². The zero-order valence-corrected chi connectivity index (χ0v) is 6.84. The van der Waals surface area contributed by atoms with Gasteiger partial charge in [0.15, 0.2) is 5.84 Å². The Morgan fingerprint density at radius 2 is 2.46 bits per heavy atom. The van der Waals surface area contributed by atoms with E-state index in [0.717, 1.165) is 4.90 Å². The molecule has 0 aromatic carbocycles. The van der Waals surface area contributed by atoms with Gasteiger partial charge in [-0.2, -0.15) is 0 Å². The Morgan fingerprint density at radius 1 is 1.77 bits per heavy atom. The highest BCUT2D eigenvalue weighted by atomic mass is 16.5. The largest absolute Gasteiger partial charge is 0.530 e. The molecule has 1 unspecified atom stereocenters. The summed E-state index contributed by atoms with van der Waals surface area (Å²) in [6.07, 6.45) is -1.35. The van der Waals surface area contributed by atoms with Crippen LogP contribution >= 0.6 is 0 Å². The molecule has 1 heterocycles. The van der Waals surface area contributed by atoms with Crippen LogP contribution in [0, 0.1) is 0 Å². The number of ether oxygens (including phenoxy) is 1. The van der Waals surface area contributed by atoms with E-state index in [1.807, 2.05) is 0 Å². The molecule has 7 heteroatoms. The highest BCUT2D eigenvalue weighted by Gasteiger charge is 2.26. The van der Waals surface area contributed by atoms with Gasteiger partial charge in [-0.3, -0.25) is 0 Å². The topological polar surface area (TPSA) is 111 Å². The van der Waals surface area contributed by atoms with E-state index in [1.54, 1.807) is 0 Å². The Morgan fingerprint density at radius 3 is 3.00 bits per heavy atom. The molecule has 1 aliphatic heterocycles. The van der Waals surface area contributed by atoms with Gasteiger partial charge in [0.1, 0.15) is 12.1 Å². The highest BCUT2D eigenvalue weighted by Crippen LogP contribution is 2.05. The van der Waals surface area contributed by atoms with Crippen LogP contribution in [-0.4, -0.2) is 47.8 Å². The van der Waals surface area contributed by atoms with Gasteiger partial charge in [0, 0.05) is 6.54 Å². The van der Waals surface area contributed by atoms with Gasteiger partial charge in [-0.25, -0.2) is 0 Å². The molecule has 0 saturated carbocycles. The molecule has 13 heavy (non-hydrogen) atoms. The maximum Gasteiger partial charge on any atom is 0.164 e. The van der Waals surface area contributed by atoms with Crippen molar-refractivity contribution in [2.75, 3.05) is 19.8 Å². The number of rotatable bonds is 1. The third kappa shape index (κ3) is 2.00. The van der Waals surface area contributed by atoms with Gasteiger partial charge >= 0.3 is 0 Å². The van der Waals surface area contributed by atoms with Crippen molar-refractivity contribution in [1.82, 2.24) is 4.90 Å². The number of carboxylic acid groups (broad SMARTS) is 1. The maximum absolute atomic E-state index is 10.6. The van der Waals surface area contributed by atoms with E-state index < -0.39 is 12.1 Å². The molecule has 0 spiro atoms. The molecule has 1 saturated heterocycles. The van der Waals surface area contributed by atoms with Crippen molar-refractivity contribution in [3.05, 3.63) is 0 Å². The Labute approximate surface area is 74.4 Å². The summed E-state index contributed by atoms with van der Waals surface area (Å²) in [6.45, 7) is 0.552. The minimum absolute atomic E-state index is 0.0872. The molecule has 0 bridgehead atoms. The van der Waals surface area contributed by atoms with Crippen molar-refractivity contribution in [1.29, 1.82) is 0 Å². The second-order valence-electron chi connectivity index (χ2n) is 2.57. The predicted molar refractivity (Wildman–Crippen MR) is 40.1 cm³/mol. The molecule has 1 amide bonds. The average molecular weight is 188 g/mol. The first-order valence-electron chi connectivity index (χ1n) is 3.69. The van der Waals surface area contributed by atoms with E-state index >= 15 is 0 Å². The summed E-state index contributed by atoms with van der Waals surface area (Å²) in [5.41, 5.74) is 5.26. The standard InChI is InChI=1S/C6H11N3O4/c7-5(8-12)4-3-13-2-1-9(4)6(10)11/h4,12H,1-3H2,(H2,7,8)(H,10,11)/p-1. The van der Waals surface area contributed by atoms with Gasteiger partial charge in [-0.1, -0.05) is 5.16 Å². The van der Waals surface area contributed by atoms with Crippen LogP contribution < -0.4 is 10.8 Å². The number of amides is 1. The van der Waals surface area contributed by atoms with E-state index in [9.17, 15) is 9.90 Å². The molecular weight excluding hydrogens is 178 g/mol. The van der Waals surface area contributed by atoms with Crippen LogP contribution in [0.3, 0.4) is 0 Å². The Kier molecular flexibility index (Phi) is 2.91. The Balaban J connectivity index is 2.73. The number of carbonyl (C=O) groups is 1. The third-order valence-electron chi connectivity index (χ3n) is 1.82. The fraction of sp³-hybridized carbons (Fsp3) is 0.667. The smallest absolute Gasteiger partial charge is 0.164 e. The lowest BCUT2D eigenvalue weighted by atomic mass is 10.2. The number of hydrogen-bond donors (Lipinski definition) is 2. The second-order valence-corrected chi connectivity index (χ2v) is 2.57. The van der Waals surface area contributed by atoms with Crippen LogP contribution in [0.2, 0.25) is 0 Å². The first kappa shape index (κ1) is 9.59. The van der Waals surface area contributed by atoms with Crippen LogP contribution in [0.15, 0.2) is 5.16 Å². The van der Waals surface area contributed by atoms with Gasteiger partial charge in [-0.05, 0) is 0 Å². The van der Waals surface area contributed by atoms with Crippen molar-refractivity contribution in [2.24, 2.45) is 10.9 Å².